The third kappa shape index (κ3) is 6.55. The summed E-state index contributed by atoms with van der Waals surface area (Å²) < 4.78 is 46.1. The molecule has 1 aromatic rings. The maximum Gasteiger partial charge on any atom is 0.299 e. The monoisotopic (exact) mass is 316 g/mol. The zero-order valence-electron chi connectivity index (χ0n) is 11.5. The summed E-state index contributed by atoms with van der Waals surface area (Å²) in [5, 5.41) is 8.67. The Kier molecular flexibility index (Phi) is 7.11. The van der Waals surface area contributed by atoms with Crippen molar-refractivity contribution >= 4 is 15.9 Å². The molecule has 3 N–H and O–H groups in total. The standard InChI is InChI=1S/C13H17FN2O4S/c1-20-9-7-15-21(18,19)16-13-6-5-12(14)10-11(13)4-2-3-8-17/h5-6,10,15-17H,3,7-9H2,1H3. The Hall–Kier alpha value is -1.66. The normalized spacial score (nSPS) is 10.8. The number of benzene rings is 1. The summed E-state index contributed by atoms with van der Waals surface area (Å²) in [7, 11) is -2.34. The van der Waals surface area contributed by atoms with E-state index in [9.17, 15) is 12.8 Å². The number of aliphatic hydroxyl groups excluding tert-OH is 1. The van der Waals surface area contributed by atoms with Crippen molar-refractivity contribution in [1.82, 2.24) is 4.72 Å². The maximum atomic E-state index is 13.2. The highest BCUT2D eigenvalue weighted by atomic mass is 32.2. The molecule has 0 amide bonds. The highest BCUT2D eigenvalue weighted by Crippen LogP contribution is 2.17. The van der Waals surface area contributed by atoms with Gasteiger partial charge in [0.15, 0.2) is 0 Å². The first-order valence-electron chi connectivity index (χ1n) is 6.14. The lowest BCUT2D eigenvalue weighted by Crippen LogP contribution is -2.32. The Morgan fingerprint density at radius 1 is 1.43 bits per heavy atom. The number of hydrogen-bond acceptors (Lipinski definition) is 4. The summed E-state index contributed by atoms with van der Waals surface area (Å²) in [6.45, 7) is 0.216. The minimum atomic E-state index is -3.79. The van der Waals surface area contributed by atoms with Gasteiger partial charge >= 0.3 is 0 Å². The summed E-state index contributed by atoms with van der Waals surface area (Å²) in [5.41, 5.74) is 0.354. The molecule has 0 aliphatic heterocycles. The van der Waals surface area contributed by atoms with Crippen LogP contribution in [0.5, 0.6) is 0 Å². The molecule has 116 valence electrons. The predicted octanol–water partition coefficient (Wildman–Crippen LogP) is 0.452. The number of aliphatic hydroxyl groups is 1. The molecule has 0 aliphatic rings. The van der Waals surface area contributed by atoms with Gasteiger partial charge in [-0.05, 0) is 18.2 Å². The van der Waals surface area contributed by atoms with Gasteiger partial charge < -0.3 is 9.84 Å². The van der Waals surface area contributed by atoms with Crippen molar-refractivity contribution in [2.24, 2.45) is 0 Å². The Balaban J connectivity index is 2.90. The molecule has 0 heterocycles. The second-order valence-electron chi connectivity index (χ2n) is 3.96. The molecule has 0 radical (unpaired) electrons. The third-order valence-electron chi connectivity index (χ3n) is 2.28. The van der Waals surface area contributed by atoms with Crippen LogP contribution in [0, 0.1) is 17.7 Å². The van der Waals surface area contributed by atoms with E-state index in [4.69, 9.17) is 9.84 Å². The molecular weight excluding hydrogens is 299 g/mol. The van der Waals surface area contributed by atoms with Gasteiger partial charge in [-0.2, -0.15) is 13.1 Å². The van der Waals surface area contributed by atoms with Crippen molar-refractivity contribution in [3.8, 4) is 11.8 Å². The van der Waals surface area contributed by atoms with Gasteiger partial charge in [-0.3, -0.25) is 4.72 Å². The zero-order chi connectivity index (χ0) is 15.7. The van der Waals surface area contributed by atoms with Gasteiger partial charge in [0.25, 0.3) is 10.2 Å². The van der Waals surface area contributed by atoms with Crippen LogP contribution >= 0.6 is 0 Å². The Labute approximate surface area is 123 Å². The summed E-state index contributed by atoms with van der Waals surface area (Å²) in [4.78, 5) is 0. The topological polar surface area (TPSA) is 87.7 Å². The fourth-order valence-corrected chi connectivity index (χ4v) is 2.27. The number of rotatable bonds is 7. The Bertz CT molecular complexity index is 623. The number of anilines is 1. The van der Waals surface area contributed by atoms with E-state index in [2.05, 4.69) is 21.3 Å². The molecule has 0 atom stereocenters. The second-order valence-corrected chi connectivity index (χ2v) is 5.46. The molecule has 0 saturated carbocycles. The van der Waals surface area contributed by atoms with Gasteiger partial charge in [-0.1, -0.05) is 11.8 Å². The largest absolute Gasteiger partial charge is 0.395 e. The van der Waals surface area contributed by atoms with Gasteiger partial charge in [-0.15, -0.1) is 0 Å². The number of ether oxygens (including phenoxy) is 1. The average Bonchev–Trinajstić information content (AvgIpc) is 2.42. The van der Waals surface area contributed by atoms with Crippen molar-refractivity contribution in [2.45, 2.75) is 6.42 Å². The first-order valence-corrected chi connectivity index (χ1v) is 7.62. The minimum Gasteiger partial charge on any atom is -0.395 e. The Morgan fingerprint density at radius 3 is 2.86 bits per heavy atom. The van der Waals surface area contributed by atoms with Crippen LogP contribution in [0.3, 0.4) is 0 Å². The lowest BCUT2D eigenvalue weighted by atomic mass is 10.2. The van der Waals surface area contributed by atoms with E-state index in [1.165, 1.54) is 13.2 Å². The van der Waals surface area contributed by atoms with Crippen molar-refractivity contribution in [1.29, 1.82) is 0 Å². The van der Waals surface area contributed by atoms with E-state index in [1.807, 2.05) is 0 Å². The van der Waals surface area contributed by atoms with Crippen LogP contribution in [0.1, 0.15) is 12.0 Å². The van der Waals surface area contributed by atoms with Gasteiger partial charge in [0.2, 0.25) is 0 Å². The van der Waals surface area contributed by atoms with E-state index in [0.29, 0.717) is 0 Å². The predicted molar refractivity (Wildman–Crippen MR) is 77.4 cm³/mol. The van der Waals surface area contributed by atoms with E-state index in [1.54, 1.807) is 0 Å². The molecule has 0 aromatic heterocycles. The van der Waals surface area contributed by atoms with Crippen molar-refractivity contribution in [3.63, 3.8) is 0 Å². The summed E-state index contributed by atoms with van der Waals surface area (Å²) in [6, 6.07) is 3.54. The van der Waals surface area contributed by atoms with Gasteiger partial charge in [0.05, 0.1) is 24.5 Å². The van der Waals surface area contributed by atoms with Crippen molar-refractivity contribution in [2.75, 3.05) is 31.6 Å². The van der Waals surface area contributed by atoms with Gasteiger partial charge in [-0.25, -0.2) is 4.39 Å². The third-order valence-corrected chi connectivity index (χ3v) is 3.36. The molecule has 0 unspecified atom stereocenters. The molecular formula is C13H17FN2O4S. The van der Waals surface area contributed by atoms with Gasteiger partial charge in [0, 0.05) is 20.1 Å². The fourth-order valence-electron chi connectivity index (χ4n) is 1.38. The minimum absolute atomic E-state index is 0.110. The summed E-state index contributed by atoms with van der Waals surface area (Å²) in [5.74, 6) is 4.70. The first-order chi connectivity index (χ1) is 9.98. The first kappa shape index (κ1) is 17.4. The summed E-state index contributed by atoms with van der Waals surface area (Å²) in [6.07, 6.45) is 0.217. The molecule has 0 bridgehead atoms. The molecule has 1 aromatic carbocycles. The smallest absolute Gasteiger partial charge is 0.299 e. The van der Waals surface area contributed by atoms with E-state index in [-0.39, 0.29) is 37.4 Å². The molecule has 21 heavy (non-hydrogen) atoms. The molecule has 0 spiro atoms. The van der Waals surface area contributed by atoms with Crippen LogP contribution in [0.4, 0.5) is 10.1 Å². The SMILES string of the molecule is COCCNS(=O)(=O)Nc1ccc(F)cc1C#CCCO. The lowest BCUT2D eigenvalue weighted by molar-refractivity contribution is 0.204. The highest BCUT2D eigenvalue weighted by Gasteiger charge is 2.11. The molecule has 0 saturated heterocycles. The Morgan fingerprint density at radius 2 is 2.19 bits per heavy atom. The average molecular weight is 316 g/mol. The van der Waals surface area contributed by atoms with Crippen LogP contribution in [0.2, 0.25) is 0 Å². The van der Waals surface area contributed by atoms with Crippen LogP contribution < -0.4 is 9.44 Å². The highest BCUT2D eigenvalue weighted by molar-refractivity contribution is 7.90. The van der Waals surface area contributed by atoms with Crippen molar-refractivity contribution < 1.29 is 22.7 Å². The fraction of sp³-hybridized carbons (Fsp3) is 0.385. The quantitative estimate of drug-likeness (QED) is 0.503. The van der Waals surface area contributed by atoms with Crippen molar-refractivity contribution in [3.05, 3.63) is 29.6 Å². The molecule has 8 heteroatoms. The van der Waals surface area contributed by atoms with Crippen LogP contribution in [-0.2, 0) is 14.9 Å². The van der Waals surface area contributed by atoms with Crippen LogP contribution in [0.25, 0.3) is 0 Å². The van der Waals surface area contributed by atoms with Crippen LogP contribution in [-0.4, -0.2) is 40.4 Å². The lowest BCUT2D eigenvalue weighted by Gasteiger charge is -2.10. The molecule has 0 fully saturated rings. The maximum absolute atomic E-state index is 13.2. The summed E-state index contributed by atoms with van der Waals surface area (Å²) >= 11 is 0. The van der Waals surface area contributed by atoms with Crippen LogP contribution in [0.15, 0.2) is 18.2 Å². The van der Waals surface area contributed by atoms with Gasteiger partial charge in [0.1, 0.15) is 5.82 Å². The van der Waals surface area contributed by atoms with E-state index < -0.39 is 16.0 Å². The number of methoxy groups -OCH3 is 1. The molecule has 6 nitrogen and oxygen atoms in total. The zero-order valence-corrected chi connectivity index (χ0v) is 12.3. The number of nitrogens with one attached hydrogen (secondary N) is 2. The molecule has 0 aliphatic carbocycles. The van der Waals surface area contributed by atoms with E-state index in [0.717, 1.165) is 12.1 Å². The number of hydrogen-bond donors (Lipinski definition) is 3. The van der Waals surface area contributed by atoms with E-state index >= 15 is 0 Å². The molecule has 1 rings (SSSR count). The second kappa shape index (κ2) is 8.59. The number of halogens is 1.